The summed E-state index contributed by atoms with van der Waals surface area (Å²) >= 11 is 1.33. The number of aryl methyl sites for hydroxylation is 1. The minimum absolute atomic E-state index is 0.00577. The molecule has 1 aromatic rings. The van der Waals surface area contributed by atoms with Gasteiger partial charge in [-0.3, -0.25) is 24.0 Å². The molecule has 0 unspecified atom stereocenters. The van der Waals surface area contributed by atoms with Crippen LogP contribution in [0.1, 0.15) is 44.6 Å². The molecule has 2 aliphatic rings. The number of hydrogen-bond donors (Lipinski definition) is 1. The van der Waals surface area contributed by atoms with Gasteiger partial charge in [0.1, 0.15) is 35.0 Å². The first-order valence-corrected chi connectivity index (χ1v) is 11.9. The van der Waals surface area contributed by atoms with Crippen LogP contribution in [0, 0.1) is 0 Å². The fraction of sp³-hybridized carbons (Fsp3) is 0.571. The summed E-state index contributed by atoms with van der Waals surface area (Å²) in [5.41, 5.74) is -0.101. The van der Waals surface area contributed by atoms with Crippen LogP contribution < -0.4 is 5.32 Å². The lowest BCUT2D eigenvalue weighted by Crippen LogP contribution is -2.70. The van der Waals surface area contributed by atoms with Crippen molar-refractivity contribution in [2.24, 2.45) is 0 Å². The van der Waals surface area contributed by atoms with Crippen LogP contribution in [0.15, 0.2) is 17.5 Å². The van der Waals surface area contributed by atoms with Crippen LogP contribution in [-0.2, 0) is 35.1 Å². The normalized spacial score (nSPS) is 19.4. The Morgan fingerprint density at radius 1 is 1.29 bits per heavy atom. The second kappa shape index (κ2) is 10.9. The molecule has 1 aromatic heterocycles. The predicted octanol–water partition coefficient (Wildman–Crippen LogP) is 0.650. The van der Waals surface area contributed by atoms with Crippen molar-refractivity contribution in [3.8, 4) is 0 Å². The molecule has 0 bridgehead atoms. The maximum absolute atomic E-state index is 13.0. The molecule has 14 heteroatoms. The molecule has 1 N–H and O–H groups in total. The molecule has 0 aliphatic carbocycles. The van der Waals surface area contributed by atoms with E-state index in [1.54, 1.807) is 20.8 Å². The van der Waals surface area contributed by atoms with Gasteiger partial charge in [-0.15, -0.1) is 16.9 Å². The van der Waals surface area contributed by atoms with Gasteiger partial charge >= 0.3 is 18.0 Å². The minimum atomic E-state index is -0.868. The summed E-state index contributed by atoms with van der Waals surface area (Å²) in [5.74, 6) is -1.47. The quantitative estimate of drug-likeness (QED) is 0.164. The Morgan fingerprint density at radius 2 is 2.03 bits per heavy atom. The van der Waals surface area contributed by atoms with Gasteiger partial charge in [0.2, 0.25) is 0 Å². The summed E-state index contributed by atoms with van der Waals surface area (Å²) in [6, 6.07) is -0.868. The van der Waals surface area contributed by atoms with Crippen LogP contribution in [-0.4, -0.2) is 86.1 Å². The van der Waals surface area contributed by atoms with Crippen LogP contribution in [0.2, 0.25) is 0 Å². The minimum Gasteiger partial charge on any atom is -0.461 e. The van der Waals surface area contributed by atoms with Crippen LogP contribution >= 0.6 is 11.8 Å². The second-order valence-electron chi connectivity index (χ2n) is 8.78. The molecular formula is C21H27N5O8S. The highest BCUT2D eigenvalue weighted by Gasteiger charge is 2.54. The number of ether oxygens (including phenoxy) is 3. The van der Waals surface area contributed by atoms with E-state index in [0.717, 1.165) is 0 Å². The molecule has 2 atom stereocenters. The molecule has 13 nitrogen and oxygen atoms in total. The van der Waals surface area contributed by atoms with Crippen LogP contribution in [0.3, 0.4) is 0 Å². The first kappa shape index (κ1) is 26.2. The van der Waals surface area contributed by atoms with E-state index in [1.165, 1.54) is 34.5 Å². The monoisotopic (exact) mass is 509 g/mol. The molecule has 190 valence electrons. The van der Waals surface area contributed by atoms with Crippen molar-refractivity contribution >= 4 is 42.0 Å². The molecular weight excluding hydrogens is 482 g/mol. The third kappa shape index (κ3) is 6.59. The number of fused-ring (bicyclic) bond motifs is 1. The maximum atomic E-state index is 13.0. The van der Waals surface area contributed by atoms with E-state index in [9.17, 15) is 24.0 Å². The molecule has 0 saturated carbocycles. The lowest BCUT2D eigenvalue weighted by Gasteiger charge is -2.49. The molecule has 35 heavy (non-hydrogen) atoms. The van der Waals surface area contributed by atoms with Crippen LogP contribution in [0.5, 0.6) is 0 Å². The number of alkyl carbamates (subject to hydrolysis) is 1. The number of β-lactam (4-membered cyclic amide) rings is 1. The fourth-order valence-electron chi connectivity index (χ4n) is 3.34. The van der Waals surface area contributed by atoms with Crippen molar-refractivity contribution < 1.29 is 38.2 Å². The standard InChI is InChI=1S/C21H27N5O8S/c1-12(28)33-10-13-11-35-18-15(22-20(31)34-21(2,3)4)17(29)26(18)16(13)19(30)32-7-5-6-25-8-14(9-27)23-24-25/h8-9,15,18H,5-7,10-11H2,1-4H3,(H,22,31)/t15-,18-/m1/s1. The van der Waals surface area contributed by atoms with Crippen molar-refractivity contribution in [3.63, 3.8) is 0 Å². The van der Waals surface area contributed by atoms with Gasteiger partial charge in [0.25, 0.3) is 5.91 Å². The molecule has 3 heterocycles. The fourth-order valence-corrected chi connectivity index (χ4v) is 4.67. The topological polar surface area (TPSA) is 159 Å². The van der Waals surface area contributed by atoms with Crippen molar-refractivity contribution in [2.45, 2.75) is 57.7 Å². The second-order valence-corrected chi connectivity index (χ2v) is 9.88. The Labute approximate surface area is 205 Å². The average Bonchev–Trinajstić information content (AvgIpc) is 3.24. The number of aldehydes is 1. The molecule has 0 radical (unpaired) electrons. The van der Waals surface area contributed by atoms with Gasteiger partial charge in [-0.05, 0) is 20.8 Å². The molecule has 3 rings (SSSR count). The lowest BCUT2D eigenvalue weighted by molar-refractivity contribution is -0.152. The summed E-state index contributed by atoms with van der Waals surface area (Å²) in [6.45, 7) is 6.57. The van der Waals surface area contributed by atoms with Crippen molar-refractivity contribution in [1.29, 1.82) is 0 Å². The third-order valence-corrected chi connectivity index (χ3v) is 6.14. The molecule has 2 amide bonds. The van der Waals surface area contributed by atoms with E-state index in [-0.39, 0.29) is 24.6 Å². The first-order chi connectivity index (χ1) is 16.5. The van der Waals surface area contributed by atoms with E-state index in [2.05, 4.69) is 15.6 Å². The SMILES string of the molecule is CC(=O)OCC1=C(C(=O)OCCCn2cc(C=O)nn2)N2C(=O)[C@@H](NC(=O)OC(C)(C)C)[C@H]2SC1. The lowest BCUT2D eigenvalue weighted by atomic mass is 10.0. The van der Waals surface area contributed by atoms with Gasteiger partial charge in [0, 0.05) is 31.2 Å². The third-order valence-electron chi connectivity index (χ3n) is 4.80. The molecule has 0 spiro atoms. The van der Waals surface area contributed by atoms with Gasteiger partial charge in [0.05, 0.1) is 12.8 Å². The number of carbonyl (C=O) groups is 5. The molecule has 1 fully saturated rings. The number of thioether (sulfide) groups is 1. The number of carbonyl (C=O) groups excluding carboxylic acids is 5. The van der Waals surface area contributed by atoms with Crippen molar-refractivity contribution in [3.05, 3.63) is 23.2 Å². The highest BCUT2D eigenvalue weighted by atomic mass is 32.2. The highest BCUT2D eigenvalue weighted by molar-refractivity contribution is 8.00. The summed E-state index contributed by atoms with van der Waals surface area (Å²) in [5, 5.41) is 9.45. The Balaban J connectivity index is 1.65. The average molecular weight is 510 g/mol. The zero-order chi connectivity index (χ0) is 25.8. The number of hydrogen-bond acceptors (Lipinski definition) is 11. The molecule has 2 aliphatic heterocycles. The number of aromatic nitrogens is 3. The van der Waals surface area contributed by atoms with Gasteiger partial charge in [-0.25, -0.2) is 9.59 Å². The molecule has 1 saturated heterocycles. The Hall–Kier alpha value is -3.42. The first-order valence-electron chi connectivity index (χ1n) is 10.8. The predicted molar refractivity (Wildman–Crippen MR) is 121 cm³/mol. The van der Waals surface area contributed by atoms with E-state index in [4.69, 9.17) is 14.2 Å². The van der Waals surface area contributed by atoms with E-state index < -0.39 is 41.0 Å². The van der Waals surface area contributed by atoms with Crippen LogP contribution in [0.25, 0.3) is 0 Å². The summed E-state index contributed by atoms with van der Waals surface area (Å²) in [6.07, 6.45) is 1.69. The Bertz CT molecular complexity index is 1050. The Morgan fingerprint density at radius 3 is 2.66 bits per heavy atom. The van der Waals surface area contributed by atoms with Gasteiger partial charge in [-0.1, -0.05) is 5.21 Å². The number of amides is 2. The van der Waals surface area contributed by atoms with E-state index in [0.29, 0.717) is 30.6 Å². The van der Waals surface area contributed by atoms with Gasteiger partial charge in [-0.2, -0.15) is 0 Å². The maximum Gasteiger partial charge on any atom is 0.408 e. The van der Waals surface area contributed by atoms with Crippen molar-refractivity contribution in [1.82, 2.24) is 25.2 Å². The summed E-state index contributed by atoms with van der Waals surface area (Å²) in [7, 11) is 0. The highest BCUT2D eigenvalue weighted by Crippen LogP contribution is 2.40. The Kier molecular flexibility index (Phi) is 8.14. The van der Waals surface area contributed by atoms with Gasteiger partial charge in [0.15, 0.2) is 6.29 Å². The largest absolute Gasteiger partial charge is 0.461 e. The van der Waals surface area contributed by atoms with E-state index in [1.807, 2.05) is 0 Å². The van der Waals surface area contributed by atoms with Crippen molar-refractivity contribution in [2.75, 3.05) is 19.0 Å². The number of rotatable bonds is 9. The zero-order valence-corrected chi connectivity index (χ0v) is 20.6. The summed E-state index contributed by atoms with van der Waals surface area (Å²) in [4.78, 5) is 61.2. The van der Waals surface area contributed by atoms with Gasteiger partial charge < -0.3 is 19.5 Å². The molecule has 0 aromatic carbocycles. The van der Waals surface area contributed by atoms with E-state index >= 15 is 0 Å². The number of esters is 2. The smallest absolute Gasteiger partial charge is 0.408 e. The summed E-state index contributed by atoms with van der Waals surface area (Å²) < 4.78 is 17.1. The number of nitrogens with one attached hydrogen (secondary N) is 1. The zero-order valence-electron chi connectivity index (χ0n) is 19.8. The number of nitrogens with zero attached hydrogens (tertiary/aromatic N) is 4. The van der Waals surface area contributed by atoms with Crippen LogP contribution in [0.4, 0.5) is 4.79 Å².